The van der Waals surface area contributed by atoms with Gasteiger partial charge in [-0.1, -0.05) is 12.1 Å². The number of methoxy groups -OCH3 is 3. The summed E-state index contributed by atoms with van der Waals surface area (Å²) >= 11 is 0. The SMILES string of the molecule is COc1cc(OC)c(OC)cc1CNC(=O)COC(=O)c1ccccc1NCc1ccco1. The quantitative estimate of drug-likeness (QED) is 0.425. The number of anilines is 1. The lowest BCUT2D eigenvalue weighted by Crippen LogP contribution is -2.28. The van der Waals surface area contributed by atoms with Gasteiger partial charge in [-0.15, -0.1) is 0 Å². The lowest BCUT2D eigenvalue weighted by atomic mass is 10.1. The van der Waals surface area contributed by atoms with Crippen molar-refractivity contribution in [2.75, 3.05) is 33.3 Å². The highest BCUT2D eigenvalue weighted by Gasteiger charge is 2.16. The average Bonchev–Trinajstić information content (AvgIpc) is 3.38. The van der Waals surface area contributed by atoms with Crippen molar-refractivity contribution in [2.45, 2.75) is 13.1 Å². The Morgan fingerprint density at radius 3 is 2.30 bits per heavy atom. The summed E-state index contributed by atoms with van der Waals surface area (Å²) < 4.78 is 26.4. The fraction of sp³-hybridized carbons (Fsp3) is 0.250. The van der Waals surface area contributed by atoms with Crippen molar-refractivity contribution in [3.05, 3.63) is 71.7 Å². The lowest BCUT2D eigenvalue weighted by Gasteiger charge is -2.15. The number of nitrogens with one attached hydrogen (secondary N) is 2. The zero-order valence-electron chi connectivity index (χ0n) is 18.7. The molecule has 3 aromatic rings. The van der Waals surface area contributed by atoms with Gasteiger partial charge in [-0.2, -0.15) is 0 Å². The molecule has 1 amide bonds. The van der Waals surface area contributed by atoms with Crippen molar-refractivity contribution in [3.8, 4) is 17.2 Å². The van der Waals surface area contributed by atoms with Crippen molar-refractivity contribution >= 4 is 17.6 Å². The maximum absolute atomic E-state index is 12.5. The van der Waals surface area contributed by atoms with Crippen LogP contribution < -0.4 is 24.8 Å². The maximum atomic E-state index is 12.5. The Bertz CT molecular complexity index is 1080. The van der Waals surface area contributed by atoms with Gasteiger partial charge in [0.15, 0.2) is 18.1 Å². The summed E-state index contributed by atoms with van der Waals surface area (Å²) in [6, 6.07) is 13.9. The molecule has 0 aliphatic carbocycles. The van der Waals surface area contributed by atoms with E-state index in [0.29, 0.717) is 40.6 Å². The van der Waals surface area contributed by atoms with Crippen LogP contribution in [0.25, 0.3) is 0 Å². The fourth-order valence-electron chi connectivity index (χ4n) is 3.10. The van der Waals surface area contributed by atoms with E-state index in [9.17, 15) is 9.59 Å². The topological polar surface area (TPSA) is 108 Å². The summed E-state index contributed by atoms with van der Waals surface area (Å²) in [6.45, 7) is 0.132. The summed E-state index contributed by atoms with van der Waals surface area (Å²) in [7, 11) is 4.57. The average molecular weight is 454 g/mol. The van der Waals surface area contributed by atoms with Crippen LogP contribution in [-0.4, -0.2) is 39.8 Å². The first-order chi connectivity index (χ1) is 16.0. The molecular weight excluding hydrogens is 428 g/mol. The number of furan rings is 1. The molecule has 2 N–H and O–H groups in total. The Morgan fingerprint density at radius 2 is 1.61 bits per heavy atom. The van der Waals surface area contributed by atoms with Gasteiger partial charge in [0, 0.05) is 23.9 Å². The molecule has 2 aromatic carbocycles. The second-order valence-electron chi connectivity index (χ2n) is 6.85. The third-order valence-corrected chi connectivity index (χ3v) is 4.78. The molecule has 0 saturated heterocycles. The molecule has 1 heterocycles. The Labute approximate surface area is 191 Å². The number of esters is 1. The zero-order valence-corrected chi connectivity index (χ0v) is 18.7. The highest BCUT2D eigenvalue weighted by Crippen LogP contribution is 2.34. The summed E-state index contributed by atoms with van der Waals surface area (Å²) in [5, 5.41) is 5.84. The Balaban J connectivity index is 1.56. The largest absolute Gasteiger partial charge is 0.496 e. The molecule has 9 nitrogen and oxygen atoms in total. The van der Waals surface area contributed by atoms with Gasteiger partial charge in [0.2, 0.25) is 0 Å². The number of hydrogen-bond donors (Lipinski definition) is 2. The van der Waals surface area contributed by atoms with E-state index in [-0.39, 0.29) is 6.54 Å². The van der Waals surface area contributed by atoms with Crippen LogP contribution in [0.15, 0.2) is 59.2 Å². The number of amides is 1. The van der Waals surface area contributed by atoms with Gasteiger partial charge in [-0.25, -0.2) is 4.79 Å². The first kappa shape index (κ1) is 23.5. The van der Waals surface area contributed by atoms with Crippen LogP contribution in [0.5, 0.6) is 17.2 Å². The zero-order chi connectivity index (χ0) is 23.6. The molecule has 0 spiro atoms. The number of carbonyl (C=O) groups is 2. The molecule has 3 rings (SSSR count). The van der Waals surface area contributed by atoms with E-state index in [0.717, 1.165) is 5.76 Å². The first-order valence-electron chi connectivity index (χ1n) is 10.1. The second-order valence-corrected chi connectivity index (χ2v) is 6.85. The third-order valence-electron chi connectivity index (χ3n) is 4.78. The summed E-state index contributed by atoms with van der Waals surface area (Å²) in [5.41, 5.74) is 1.58. The number of carbonyl (C=O) groups excluding carboxylic acids is 2. The summed E-state index contributed by atoms with van der Waals surface area (Å²) in [5.74, 6) is 1.20. The molecule has 0 radical (unpaired) electrons. The van der Waals surface area contributed by atoms with E-state index >= 15 is 0 Å². The van der Waals surface area contributed by atoms with Gasteiger partial charge in [-0.05, 0) is 30.3 Å². The Morgan fingerprint density at radius 1 is 0.879 bits per heavy atom. The van der Waals surface area contributed by atoms with Crippen molar-refractivity contribution in [1.29, 1.82) is 0 Å². The smallest absolute Gasteiger partial charge is 0.340 e. The van der Waals surface area contributed by atoms with Crippen LogP contribution in [0, 0.1) is 0 Å². The molecular formula is C24H26N2O7. The highest BCUT2D eigenvalue weighted by molar-refractivity contribution is 5.96. The highest BCUT2D eigenvalue weighted by atomic mass is 16.5. The van der Waals surface area contributed by atoms with E-state index in [1.54, 1.807) is 48.7 Å². The Hall–Kier alpha value is -4.14. The summed E-state index contributed by atoms with van der Waals surface area (Å²) in [4.78, 5) is 24.8. The molecule has 9 heteroatoms. The van der Waals surface area contributed by atoms with Crippen molar-refractivity contribution in [3.63, 3.8) is 0 Å². The standard InChI is InChI=1S/C24H26N2O7/c1-29-20-12-22(31-3)21(30-2)11-16(20)13-26-23(27)15-33-24(28)18-8-4-5-9-19(18)25-14-17-7-6-10-32-17/h4-12,25H,13-15H2,1-3H3,(H,26,27). The summed E-state index contributed by atoms with van der Waals surface area (Å²) in [6.07, 6.45) is 1.58. The number of rotatable bonds is 11. The predicted octanol–water partition coefficient (Wildman–Crippen LogP) is 3.39. The molecule has 0 aliphatic rings. The number of para-hydroxylation sites is 1. The van der Waals surface area contributed by atoms with Gasteiger partial charge >= 0.3 is 5.97 Å². The van der Waals surface area contributed by atoms with Gasteiger partial charge in [0.25, 0.3) is 5.91 Å². The van der Waals surface area contributed by atoms with Crippen molar-refractivity contribution in [1.82, 2.24) is 5.32 Å². The lowest BCUT2D eigenvalue weighted by molar-refractivity contribution is -0.124. The molecule has 174 valence electrons. The minimum Gasteiger partial charge on any atom is -0.496 e. The van der Waals surface area contributed by atoms with Crippen LogP contribution >= 0.6 is 0 Å². The molecule has 0 bridgehead atoms. The number of hydrogen-bond acceptors (Lipinski definition) is 8. The molecule has 1 aromatic heterocycles. The minimum atomic E-state index is -0.614. The van der Waals surface area contributed by atoms with E-state index in [4.69, 9.17) is 23.4 Å². The van der Waals surface area contributed by atoms with E-state index < -0.39 is 18.5 Å². The Kier molecular flexibility index (Phi) is 8.18. The molecule has 0 atom stereocenters. The molecule has 0 unspecified atom stereocenters. The monoisotopic (exact) mass is 454 g/mol. The van der Waals surface area contributed by atoms with Crippen molar-refractivity contribution < 1.29 is 33.0 Å². The van der Waals surface area contributed by atoms with Crippen LogP contribution in [0.2, 0.25) is 0 Å². The van der Waals surface area contributed by atoms with Gasteiger partial charge in [0.05, 0.1) is 39.7 Å². The fourth-order valence-corrected chi connectivity index (χ4v) is 3.10. The van der Waals surface area contributed by atoms with E-state index in [2.05, 4.69) is 10.6 Å². The molecule has 0 aliphatic heterocycles. The molecule has 33 heavy (non-hydrogen) atoms. The third kappa shape index (κ3) is 6.19. The van der Waals surface area contributed by atoms with Crippen LogP contribution in [0.1, 0.15) is 21.7 Å². The maximum Gasteiger partial charge on any atom is 0.340 e. The van der Waals surface area contributed by atoms with Gasteiger partial charge < -0.3 is 34.0 Å². The number of benzene rings is 2. The van der Waals surface area contributed by atoms with Crippen LogP contribution in [0.3, 0.4) is 0 Å². The predicted molar refractivity (Wildman–Crippen MR) is 121 cm³/mol. The van der Waals surface area contributed by atoms with E-state index in [1.165, 1.54) is 21.3 Å². The first-order valence-corrected chi connectivity index (χ1v) is 10.1. The normalized spacial score (nSPS) is 10.3. The second kappa shape index (κ2) is 11.5. The van der Waals surface area contributed by atoms with E-state index in [1.807, 2.05) is 6.07 Å². The number of ether oxygens (including phenoxy) is 4. The van der Waals surface area contributed by atoms with Crippen LogP contribution in [-0.2, 0) is 22.6 Å². The van der Waals surface area contributed by atoms with Gasteiger partial charge in [0.1, 0.15) is 11.5 Å². The molecule has 0 saturated carbocycles. The minimum absolute atomic E-state index is 0.154. The van der Waals surface area contributed by atoms with Crippen molar-refractivity contribution in [2.24, 2.45) is 0 Å². The molecule has 0 fully saturated rings. The van der Waals surface area contributed by atoms with Crippen LogP contribution in [0.4, 0.5) is 5.69 Å². The van der Waals surface area contributed by atoms with Gasteiger partial charge in [-0.3, -0.25) is 4.79 Å².